The molecule has 1 N–H and O–H groups in total. The number of nitrogens with one attached hydrogen (secondary N) is 1. The Morgan fingerprint density at radius 2 is 1.35 bits per heavy atom. The van der Waals surface area contributed by atoms with Gasteiger partial charge in [0.15, 0.2) is 0 Å². The van der Waals surface area contributed by atoms with Crippen molar-refractivity contribution in [2.45, 2.75) is 25.3 Å². The molecule has 0 bridgehead atoms. The molecule has 4 heteroatoms. The number of nitrogens with zero attached hydrogens (tertiary/aromatic N) is 2. The molecule has 1 aliphatic carbocycles. The van der Waals surface area contributed by atoms with Crippen LogP contribution in [0, 0.1) is 0 Å². The molecule has 0 spiro atoms. The van der Waals surface area contributed by atoms with Crippen LogP contribution < -0.4 is 5.32 Å². The molecule has 1 unspecified atom stereocenters. The fourth-order valence-corrected chi connectivity index (χ4v) is 8.61. The number of hydrogen-bond acceptors (Lipinski definition) is 3. The molecule has 0 fully saturated rings. The van der Waals surface area contributed by atoms with E-state index in [4.69, 9.17) is 9.41 Å². The lowest BCUT2D eigenvalue weighted by atomic mass is 9.82. The molecule has 0 saturated heterocycles. The number of benzene rings is 7. The van der Waals surface area contributed by atoms with Gasteiger partial charge in [0.2, 0.25) is 5.96 Å². The van der Waals surface area contributed by atoms with Crippen LogP contribution in [0.5, 0.6) is 0 Å². The van der Waals surface area contributed by atoms with Crippen LogP contribution in [-0.4, -0.2) is 10.5 Å². The van der Waals surface area contributed by atoms with Gasteiger partial charge in [-0.05, 0) is 81.1 Å². The SMILES string of the molecule is CC1(C)c2ccccc2-c2cc3c4ccccc4n(C4=Nc5ccccc5C(c5ccc6c(c5)oc5cc7ccccc7cc56)N4)c3cc21. The Balaban J connectivity index is 1.10. The van der Waals surface area contributed by atoms with Gasteiger partial charge in [-0.2, -0.15) is 0 Å². The van der Waals surface area contributed by atoms with E-state index in [1.54, 1.807) is 0 Å². The fourth-order valence-electron chi connectivity index (χ4n) is 8.61. The van der Waals surface area contributed by atoms with Crippen molar-refractivity contribution in [3.63, 3.8) is 0 Å². The maximum atomic E-state index is 6.52. The molecular formula is C45H31N3O. The number of rotatable bonds is 1. The lowest BCUT2D eigenvalue weighted by molar-refractivity contribution is 0.661. The van der Waals surface area contributed by atoms with E-state index < -0.39 is 0 Å². The highest BCUT2D eigenvalue weighted by molar-refractivity contribution is 6.16. The normalized spacial score (nSPS) is 16.2. The highest BCUT2D eigenvalue weighted by Crippen LogP contribution is 2.51. The first kappa shape index (κ1) is 26.9. The van der Waals surface area contributed by atoms with E-state index >= 15 is 0 Å². The van der Waals surface area contributed by atoms with Gasteiger partial charge in [-0.25, -0.2) is 4.99 Å². The van der Waals surface area contributed by atoms with Crippen LogP contribution in [0.2, 0.25) is 0 Å². The summed E-state index contributed by atoms with van der Waals surface area (Å²) in [4.78, 5) is 5.31. The van der Waals surface area contributed by atoms with Gasteiger partial charge in [-0.1, -0.05) is 111 Å². The minimum atomic E-state index is -0.119. The van der Waals surface area contributed by atoms with Crippen molar-refractivity contribution in [3.8, 4) is 11.1 Å². The van der Waals surface area contributed by atoms with Crippen molar-refractivity contribution in [1.82, 2.24) is 9.88 Å². The van der Waals surface area contributed by atoms with Crippen LogP contribution in [0.4, 0.5) is 5.69 Å². The molecule has 0 radical (unpaired) electrons. The van der Waals surface area contributed by atoms with E-state index in [0.717, 1.165) is 55.7 Å². The minimum Gasteiger partial charge on any atom is -0.456 e. The molecule has 232 valence electrons. The molecule has 0 amide bonds. The molecule has 2 aliphatic rings. The summed E-state index contributed by atoms with van der Waals surface area (Å²) in [5.41, 5.74) is 12.6. The average Bonchev–Trinajstić information content (AvgIpc) is 3.74. The Hall–Kier alpha value is -6.13. The van der Waals surface area contributed by atoms with E-state index in [0.29, 0.717) is 0 Å². The first-order chi connectivity index (χ1) is 24.0. The van der Waals surface area contributed by atoms with Crippen LogP contribution >= 0.6 is 0 Å². The minimum absolute atomic E-state index is 0.105. The maximum absolute atomic E-state index is 6.52. The summed E-state index contributed by atoms with van der Waals surface area (Å²) in [5.74, 6) is 0.819. The monoisotopic (exact) mass is 629 g/mol. The third-order valence-electron chi connectivity index (χ3n) is 11.0. The summed E-state index contributed by atoms with van der Waals surface area (Å²) >= 11 is 0. The van der Waals surface area contributed by atoms with E-state index in [9.17, 15) is 0 Å². The lowest BCUT2D eigenvalue weighted by Gasteiger charge is -2.28. The molecular weight excluding hydrogens is 599 g/mol. The quantitative estimate of drug-likeness (QED) is 0.196. The van der Waals surface area contributed by atoms with Crippen molar-refractivity contribution in [2.24, 2.45) is 4.99 Å². The predicted octanol–water partition coefficient (Wildman–Crippen LogP) is 11.4. The number of aliphatic imine (C=N–C) groups is 1. The summed E-state index contributed by atoms with van der Waals surface area (Å²) in [6.07, 6.45) is 0. The van der Waals surface area contributed by atoms with Crippen LogP contribution in [0.25, 0.3) is 65.6 Å². The Kier molecular flexibility index (Phi) is 5.20. The summed E-state index contributed by atoms with van der Waals surface area (Å²) in [6.45, 7) is 4.69. The van der Waals surface area contributed by atoms with Gasteiger partial charge in [-0.15, -0.1) is 0 Å². The number of hydrogen-bond donors (Lipinski definition) is 1. The van der Waals surface area contributed by atoms with E-state index in [1.807, 2.05) is 0 Å². The van der Waals surface area contributed by atoms with Crippen molar-refractivity contribution in [1.29, 1.82) is 0 Å². The summed E-state index contributed by atoms with van der Waals surface area (Å²) in [5, 5.41) is 11.0. The number of para-hydroxylation sites is 2. The summed E-state index contributed by atoms with van der Waals surface area (Å²) < 4.78 is 8.85. The van der Waals surface area contributed by atoms with Crippen LogP contribution in [0.3, 0.4) is 0 Å². The molecule has 9 aromatic rings. The van der Waals surface area contributed by atoms with Gasteiger partial charge in [0.05, 0.1) is 22.8 Å². The van der Waals surface area contributed by atoms with Crippen molar-refractivity contribution in [3.05, 3.63) is 162 Å². The van der Waals surface area contributed by atoms with E-state index in [2.05, 4.69) is 163 Å². The summed E-state index contributed by atoms with van der Waals surface area (Å²) in [7, 11) is 0. The van der Waals surface area contributed by atoms with Gasteiger partial charge in [0.1, 0.15) is 11.2 Å². The first-order valence-electron chi connectivity index (χ1n) is 17.0. The highest BCUT2D eigenvalue weighted by atomic mass is 16.3. The first-order valence-corrected chi connectivity index (χ1v) is 17.0. The maximum Gasteiger partial charge on any atom is 0.209 e. The van der Waals surface area contributed by atoms with E-state index in [-0.39, 0.29) is 11.5 Å². The second-order valence-electron chi connectivity index (χ2n) is 14.1. The van der Waals surface area contributed by atoms with E-state index in [1.165, 1.54) is 43.8 Å². The second-order valence-corrected chi connectivity index (χ2v) is 14.1. The smallest absolute Gasteiger partial charge is 0.209 e. The zero-order valence-electron chi connectivity index (χ0n) is 27.2. The predicted molar refractivity (Wildman–Crippen MR) is 202 cm³/mol. The van der Waals surface area contributed by atoms with Crippen molar-refractivity contribution < 1.29 is 4.42 Å². The summed E-state index contributed by atoms with van der Waals surface area (Å²) in [6, 6.07) is 50.3. The third-order valence-corrected chi connectivity index (χ3v) is 11.0. The average molecular weight is 630 g/mol. The third kappa shape index (κ3) is 3.66. The van der Waals surface area contributed by atoms with Crippen molar-refractivity contribution in [2.75, 3.05) is 0 Å². The molecule has 11 rings (SSSR count). The van der Waals surface area contributed by atoms with Gasteiger partial charge in [0.25, 0.3) is 0 Å². The van der Waals surface area contributed by atoms with Crippen molar-refractivity contribution >= 4 is 66.2 Å². The van der Waals surface area contributed by atoms with Crippen LogP contribution in [0.15, 0.2) is 149 Å². The molecule has 3 heterocycles. The molecule has 7 aromatic carbocycles. The molecule has 2 aromatic heterocycles. The Bertz CT molecular complexity index is 2900. The lowest BCUT2D eigenvalue weighted by Crippen LogP contribution is -2.36. The standard InChI is InChI=1S/C45H31N3O/c1-45(2)36-16-8-5-13-29(36)33-24-34-30-14-7-10-18-39(30)48(40(34)25-37(33)45)44-46-38-17-9-6-15-32(38)43(47-44)28-19-20-31-35-21-26-11-3-4-12-27(26)22-42(35)49-41(31)23-28/h3-25,43H,1-2H3,(H,46,47). The highest BCUT2D eigenvalue weighted by Gasteiger charge is 2.36. The molecule has 4 nitrogen and oxygen atoms in total. The largest absolute Gasteiger partial charge is 0.456 e. The van der Waals surface area contributed by atoms with Gasteiger partial charge < -0.3 is 9.73 Å². The molecule has 0 saturated carbocycles. The van der Waals surface area contributed by atoms with Gasteiger partial charge >= 0.3 is 0 Å². The number of furan rings is 1. The van der Waals surface area contributed by atoms with Gasteiger partial charge in [-0.3, -0.25) is 4.57 Å². The zero-order chi connectivity index (χ0) is 32.4. The zero-order valence-corrected chi connectivity index (χ0v) is 27.2. The van der Waals surface area contributed by atoms with Crippen LogP contribution in [-0.2, 0) is 5.41 Å². The topological polar surface area (TPSA) is 42.5 Å². The molecule has 1 aliphatic heterocycles. The Morgan fingerprint density at radius 3 is 2.27 bits per heavy atom. The molecule has 1 atom stereocenters. The van der Waals surface area contributed by atoms with Gasteiger partial charge in [0, 0.05) is 32.5 Å². The second kappa shape index (κ2) is 9.48. The molecule has 49 heavy (non-hydrogen) atoms. The Morgan fingerprint density at radius 1 is 0.592 bits per heavy atom. The Labute approximate surface area is 282 Å². The number of aromatic nitrogens is 1. The fraction of sp³-hybridized carbons (Fsp3) is 0.0889. The number of fused-ring (bicyclic) bond motifs is 11. The van der Waals surface area contributed by atoms with Crippen LogP contribution in [0.1, 0.15) is 42.1 Å².